The molecule has 1 atom stereocenters. The highest BCUT2D eigenvalue weighted by Crippen LogP contribution is 2.49. The molecule has 1 aliphatic heterocycles. The Bertz CT molecular complexity index is 459. The fourth-order valence-corrected chi connectivity index (χ4v) is 3.25. The molecule has 1 aliphatic carbocycles. The Morgan fingerprint density at radius 2 is 2.00 bits per heavy atom. The lowest BCUT2D eigenvalue weighted by Crippen LogP contribution is -2.46. The number of likely N-dealkylation sites (tertiary alicyclic amines) is 1. The maximum atomic E-state index is 12.8. The third-order valence-corrected chi connectivity index (χ3v) is 4.63. The molecule has 2 aliphatic rings. The number of amides is 1. The fraction of sp³-hybridized carbons (Fsp3) is 0.562. The van der Waals surface area contributed by atoms with Crippen molar-refractivity contribution in [3.63, 3.8) is 0 Å². The van der Waals surface area contributed by atoms with Crippen LogP contribution in [0.1, 0.15) is 31.2 Å². The molecule has 1 aromatic carbocycles. The summed E-state index contributed by atoms with van der Waals surface area (Å²) in [6, 6.07) is 10.3. The number of nitrogens with zero attached hydrogens (tertiary/aromatic N) is 1. The van der Waals surface area contributed by atoms with E-state index in [9.17, 15) is 4.79 Å². The summed E-state index contributed by atoms with van der Waals surface area (Å²) >= 11 is 0. The van der Waals surface area contributed by atoms with Crippen LogP contribution in [0.15, 0.2) is 30.3 Å². The summed E-state index contributed by atoms with van der Waals surface area (Å²) in [6.45, 7) is 2.45. The molecule has 0 aromatic heterocycles. The van der Waals surface area contributed by atoms with Crippen LogP contribution in [-0.2, 0) is 10.2 Å². The standard InChI is InChI=1S/C16H22N2O.ClH/c17-11-13-5-4-10-18(12-13)15(19)16(8-9-16)14-6-2-1-3-7-14;/h1-3,6-7,13H,4-5,8-12,17H2;1H/t13-;/m1./s1. The molecule has 1 heterocycles. The second-order valence-electron chi connectivity index (χ2n) is 5.94. The van der Waals surface area contributed by atoms with Crippen molar-refractivity contribution in [2.75, 3.05) is 19.6 Å². The highest BCUT2D eigenvalue weighted by atomic mass is 35.5. The topological polar surface area (TPSA) is 46.3 Å². The minimum atomic E-state index is -0.211. The number of carbonyl (C=O) groups is 1. The first kappa shape index (κ1) is 15.3. The molecule has 0 spiro atoms. The van der Waals surface area contributed by atoms with Gasteiger partial charge in [0.1, 0.15) is 0 Å². The summed E-state index contributed by atoms with van der Waals surface area (Å²) in [5.41, 5.74) is 6.74. The van der Waals surface area contributed by atoms with Gasteiger partial charge < -0.3 is 10.6 Å². The van der Waals surface area contributed by atoms with Crippen LogP contribution in [0, 0.1) is 5.92 Å². The van der Waals surface area contributed by atoms with Crippen molar-refractivity contribution in [3.05, 3.63) is 35.9 Å². The van der Waals surface area contributed by atoms with Gasteiger partial charge in [-0.05, 0) is 43.7 Å². The second-order valence-corrected chi connectivity index (χ2v) is 5.94. The molecule has 2 N–H and O–H groups in total. The van der Waals surface area contributed by atoms with Gasteiger partial charge in [0.15, 0.2) is 0 Å². The number of carbonyl (C=O) groups excluding carboxylic acids is 1. The first-order chi connectivity index (χ1) is 9.26. The number of halogens is 1. The summed E-state index contributed by atoms with van der Waals surface area (Å²) in [7, 11) is 0. The van der Waals surface area contributed by atoms with Crippen molar-refractivity contribution in [3.8, 4) is 0 Å². The lowest BCUT2D eigenvalue weighted by atomic mass is 9.91. The molecule has 1 saturated carbocycles. The van der Waals surface area contributed by atoms with Crippen LogP contribution < -0.4 is 5.73 Å². The van der Waals surface area contributed by atoms with Gasteiger partial charge in [0.25, 0.3) is 0 Å². The molecule has 1 amide bonds. The van der Waals surface area contributed by atoms with E-state index in [4.69, 9.17) is 5.73 Å². The molecule has 1 aromatic rings. The molecule has 2 fully saturated rings. The number of hydrogen-bond acceptors (Lipinski definition) is 2. The van der Waals surface area contributed by atoms with Crippen molar-refractivity contribution in [2.45, 2.75) is 31.1 Å². The van der Waals surface area contributed by atoms with Gasteiger partial charge in [-0.1, -0.05) is 30.3 Å². The zero-order valence-electron chi connectivity index (χ0n) is 11.8. The first-order valence-electron chi connectivity index (χ1n) is 7.31. The van der Waals surface area contributed by atoms with E-state index in [1.165, 1.54) is 12.0 Å². The Morgan fingerprint density at radius 1 is 1.30 bits per heavy atom. The summed E-state index contributed by atoms with van der Waals surface area (Å²) in [5.74, 6) is 0.820. The Hall–Kier alpha value is -1.06. The normalized spacial score (nSPS) is 23.9. The van der Waals surface area contributed by atoms with Crippen LogP contribution in [-0.4, -0.2) is 30.4 Å². The van der Waals surface area contributed by atoms with Gasteiger partial charge in [0, 0.05) is 13.1 Å². The van der Waals surface area contributed by atoms with E-state index in [1.54, 1.807) is 0 Å². The quantitative estimate of drug-likeness (QED) is 0.930. The van der Waals surface area contributed by atoms with Gasteiger partial charge in [-0.15, -0.1) is 12.4 Å². The van der Waals surface area contributed by atoms with E-state index in [2.05, 4.69) is 17.0 Å². The summed E-state index contributed by atoms with van der Waals surface area (Å²) < 4.78 is 0. The zero-order chi connectivity index (χ0) is 13.3. The van der Waals surface area contributed by atoms with Crippen LogP contribution >= 0.6 is 12.4 Å². The maximum Gasteiger partial charge on any atom is 0.233 e. The number of nitrogens with two attached hydrogens (primary N) is 1. The molecule has 0 radical (unpaired) electrons. The molecule has 0 bridgehead atoms. The van der Waals surface area contributed by atoms with E-state index in [1.807, 2.05) is 18.2 Å². The summed E-state index contributed by atoms with van der Waals surface area (Å²) in [5, 5.41) is 0. The van der Waals surface area contributed by atoms with Gasteiger partial charge in [0.2, 0.25) is 5.91 Å². The molecule has 4 heteroatoms. The summed E-state index contributed by atoms with van der Waals surface area (Å²) in [4.78, 5) is 14.9. The van der Waals surface area contributed by atoms with Crippen molar-refractivity contribution < 1.29 is 4.79 Å². The lowest BCUT2D eigenvalue weighted by Gasteiger charge is -2.35. The van der Waals surface area contributed by atoms with Crippen LogP contribution in [0.3, 0.4) is 0 Å². The number of hydrogen-bond donors (Lipinski definition) is 1. The fourth-order valence-electron chi connectivity index (χ4n) is 3.25. The molecular formula is C16H23ClN2O. The Kier molecular flexibility index (Phi) is 4.71. The van der Waals surface area contributed by atoms with Crippen LogP contribution in [0.5, 0.6) is 0 Å². The van der Waals surface area contributed by atoms with Crippen molar-refractivity contribution >= 4 is 18.3 Å². The predicted molar refractivity (Wildman–Crippen MR) is 83.0 cm³/mol. The third kappa shape index (κ3) is 2.70. The van der Waals surface area contributed by atoms with Gasteiger partial charge in [-0.3, -0.25) is 4.79 Å². The molecule has 20 heavy (non-hydrogen) atoms. The van der Waals surface area contributed by atoms with Crippen LogP contribution in [0.25, 0.3) is 0 Å². The van der Waals surface area contributed by atoms with Crippen molar-refractivity contribution in [1.82, 2.24) is 4.90 Å². The molecule has 3 rings (SSSR count). The summed E-state index contributed by atoms with van der Waals surface area (Å²) in [6.07, 6.45) is 4.26. The van der Waals surface area contributed by atoms with Gasteiger partial charge in [-0.25, -0.2) is 0 Å². The van der Waals surface area contributed by atoms with E-state index in [-0.39, 0.29) is 17.8 Å². The minimum Gasteiger partial charge on any atom is -0.342 e. The van der Waals surface area contributed by atoms with Crippen LogP contribution in [0.4, 0.5) is 0 Å². The molecule has 3 nitrogen and oxygen atoms in total. The monoisotopic (exact) mass is 294 g/mol. The smallest absolute Gasteiger partial charge is 0.233 e. The Morgan fingerprint density at radius 3 is 2.60 bits per heavy atom. The average Bonchev–Trinajstić information content (AvgIpc) is 3.29. The number of benzene rings is 1. The first-order valence-corrected chi connectivity index (χ1v) is 7.31. The molecule has 1 saturated heterocycles. The van der Waals surface area contributed by atoms with Crippen molar-refractivity contribution in [2.24, 2.45) is 11.7 Å². The molecular weight excluding hydrogens is 272 g/mol. The third-order valence-electron chi connectivity index (χ3n) is 4.63. The molecule has 0 unspecified atom stereocenters. The van der Waals surface area contributed by atoms with E-state index in [0.717, 1.165) is 32.4 Å². The second kappa shape index (κ2) is 6.15. The largest absolute Gasteiger partial charge is 0.342 e. The van der Waals surface area contributed by atoms with Crippen LogP contribution in [0.2, 0.25) is 0 Å². The van der Waals surface area contributed by atoms with E-state index >= 15 is 0 Å². The predicted octanol–water partition coefficient (Wildman–Crippen LogP) is 2.34. The average molecular weight is 295 g/mol. The van der Waals surface area contributed by atoms with Gasteiger partial charge in [0.05, 0.1) is 5.41 Å². The minimum absolute atomic E-state index is 0. The number of rotatable bonds is 3. The van der Waals surface area contributed by atoms with Gasteiger partial charge >= 0.3 is 0 Å². The van der Waals surface area contributed by atoms with Crippen molar-refractivity contribution in [1.29, 1.82) is 0 Å². The number of piperidine rings is 1. The van der Waals surface area contributed by atoms with E-state index in [0.29, 0.717) is 18.4 Å². The lowest BCUT2D eigenvalue weighted by molar-refractivity contribution is -0.135. The Labute approximate surface area is 126 Å². The van der Waals surface area contributed by atoms with Gasteiger partial charge in [-0.2, -0.15) is 0 Å². The molecule has 110 valence electrons. The maximum absolute atomic E-state index is 12.8. The SMILES string of the molecule is Cl.NC[C@H]1CCCN(C(=O)C2(c3ccccc3)CC2)C1. The highest BCUT2D eigenvalue weighted by Gasteiger charge is 2.53. The Balaban J connectivity index is 0.00000147. The zero-order valence-corrected chi connectivity index (χ0v) is 12.6. The van der Waals surface area contributed by atoms with E-state index < -0.39 is 0 Å². The highest BCUT2D eigenvalue weighted by molar-refractivity contribution is 5.91.